The maximum Gasteiger partial charge on any atom is 0.314 e. The van der Waals surface area contributed by atoms with Crippen molar-refractivity contribution in [3.8, 4) is 0 Å². The molecule has 1 aliphatic rings. The number of rotatable bonds is 9. The molecule has 0 unspecified atom stereocenters. The molecule has 1 aliphatic heterocycles. The van der Waals surface area contributed by atoms with Crippen molar-refractivity contribution in [1.29, 1.82) is 0 Å². The zero-order valence-corrected chi connectivity index (χ0v) is 20.5. The van der Waals surface area contributed by atoms with E-state index in [1.807, 2.05) is 66.7 Å². The first-order valence-corrected chi connectivity index (χ1v) is 12.1. The van der Waals surface area contributed by atoms with Gasteiger partial charge in [0.15, 0.2) is 0 Å². The number of hydrogen-bond donors (Lipinski definition) is 0. The molecule has 1 fully saturated rings. The van der Waals surface area contributed by atoms with Crippen molar-refractivity contribution >= 4 is 23.5 Å². The molecule has 7 heteroatoms. The molecule has 0 N–H and O–H groups in total. The predicted octanol–water partition coefficient (Wildman–Crippen LogP) is 4.70. The Bertz CT molecular complexity index is 1120. The van der Waals surface area contributed by atoms with Gasteiger partial charge in [-0.05, 0) is 36.1 Å². The number of likely N-dealkylation sites (tertiary alicyclic amines) is 1. The van der Waals surface area contributed by atoms with E-state index in [1.165, 1.54) is 0 Å². The van der Waals surface area contributed by atoms with Gasteiger partial charge < -0.3 is 9.47 Å². The molecule has 2 heterocycles. The summed E-state index contributed by atoms with van der Waals surface area (Å²) in [6.45, 7) is 3.52. The Balaban J connectivity index is 1.64. The van der Waals surface area contributed by atoms with Crippen LogP contribution in [0, 0.1) is 11.3 Å². The molecule has 0 amide bonds. The number of carbonyl (C=O) groups is 2. The summed E-state index contributed by atoms with van der Waals surface area (Å²) < 4.78 is 11.3. The lowest BCUT2D eigenvalue weighted by Gasteiger charge is -2.31. The van der Waals surface area contributed by atoms with Crippen LogP contribution in [0.25, 0.3) is 0 Å². The van der Waals surface area contributed by atoms with Gasteiger partial charge >= 0.3 is 11.9 Å². The van der Waals surface area contributed by atoms with E-state index in [4.69, 9.17) is 21.1 Å². The van der Waals surface area contributed by atoms with Crippen molar-refractivity contribution < 1.29 is 19.1 Å². The van der Waals surface area contributed by atoms with Crippen LogP contribution in [0.1, 0.15) is 23.6 Å². The Kier molecular flexibility index (Phi) is 8.16. The number of hydrogen-bond acceptors (Lipinski definition) is 6. The van der Waals surface area contributed by atoms with E-state index in [1.54, 1.807) is 19.2 Å². The summed E-state index contributed by atoms with van der Waals surface area (Å²) in [6.07, 6.45) is 1.95. The van der Waals surface area contributed by atoms with Crippen LogP contribution in [0.2, 0.25) is 5.15 Å². The first kappa shape index (κ1) is 24.9. The molecule has 0 bridgehead atoms. The van der Waals surface area contributed by atoms with E-state index in [0.29, 0.717) is 31.2 Å². The van der Waals surface area contributed by atoms with Gasteiger partial charge in [-0.2, -0.15) is 0 Å². The lowest BCUT2D eigenvalue weighted by Crippen LogP contribution is -2.45. The van der Waals surface area contributed by atoms with Crippen LogP contribution >= 0.6 is 11.6 Å². The van der Waals surface area contributed by atoms with Gasteiger partial charge in [0.1, 0.15) is 11.8 Å². The molecular formula is C28H29ClN2O4. The minimum absolute atomic E-state index is 0.149. The van der Waals surface area contributed by atoms with Crippen LogP contribution < -0.4 is 0 Å². The maximum absolute atomic E-state index is 13.5. The Morgan fingerprint density at radius 2 is 1.66 bits per heavy atom. The Morgan fingerprint density at radius 1 is 0.971 bits per heavy atom. The SMILES string of the molecule is CCOC(=O)[C@@]1(Cc2ccc(Cl)nc2)CN(Cc2ccccc2)C[C@@H]1C(=O)OCc1ccccc1. The van der Waals surface area contributed by atoms with Crippen molar-refractivity contribution in [2.24, 2.45) is 11.3 Å². The third-order valence-corrected chi connectivity index (χ3v) is 6.58. The van der Waals surface area contributed by atoms with Crippen LogP contribution in [-0.4, -0.2) is 41.5 Å². The fourth-order valence-electron chi connectivity index (χ4n) is 4.71. The highest BCUT2D eigenvalue weighted by molar-refractivity contribution is 6.29. The summed E-state index contributed by atoms with van der Waals surface area (Å²) in [6, 6.07) is 23.0. The molecule has 6 nitrogen and oxygen atoms in total. The predicted molar refractivity (Wildman–Crippen MR) is 133 cm³/mol. The summed E-state index contributed by atoms with van der Waals surface area (Å²) >= 11 is 5.98. The smallest absolute Gasteiger partial charge is 0.314 e. The van der Waals surface area contributed by atoms with Crippen LogP contribution in [0.15, 0.2) is 79.0 Å². The van der Waals surface area contributed by atoms with E-state index in [9.17, 15) is 9.59 Å². The fraction of sp³-hybridized carbons (Fsp3) is 0.321. The molecule has 1 aromatic heterocycles. The Morgan fingerprint density at radius 3 is 2.29 bits per heavy atom. The normalized spacial score (nSPS) is 19.9. The van der Waals surface area contributed by atoms with E-state index in [0.717, 1.165) is 16.7 Å². The number of carbonyl (C=O) groups excluding carboxylic acids is 2. The number of benzene rings is 2. The summed E-state index contributed by atoms with van der Waals surface area (Å²) in [5, 5.41) is 0.370. The molecule has 0 aliphatic carbocycles. The molecule has 1 saturated heterocycles. The zero-order chi connectivity index (χ0) is 24.7. The first-order chi connectivity index (χ1) is 17.0. The van der Waals surface area contributed by atoms with E-state index in [2.05, 4.69) is 9.88 Å². The molecule has 2 atom stereocenters. The molecule has 35 heavy (non-hydrogen) atoms. The number of halogens is 1. The fourth-order valence-corrected chi connectivity index (χ4v) is 4.82. The maximum atomic E-state index is 13.5. The van der Waals surface area contributed by atoms with Gasteiger partial charge in [0.2, 0.25) is 0 Å². The largest absolute Gasteiger partial charge is 0.465 e. The van der Waals surface area contributed by atoms with Crippen molar-refractivity contribution in [1.82, 2.24) is 9.88 Å². The molecule has 182 valence electrons. The van der Waals surface area contributed by atoms with Gasteiger partial charge in [-0.1, -0.05) is 78.3 Å². The number of ether oxygens (including phenoxy) is 2. The van der Waals surface area contributed by atoms with Gasteiger partial charge in [0.25, 0.3) is 0 Å². The van der Waals surface area contributed by atoms with Crippen LogP contribution in [-0.2, 0) is 38.6 Å². The summed E-state index contributed by atoms with van der Waals surface area (Å²) in [5.41, 5.74) is 1.71. The lowest BCUT2D eigenvalue weighted by molar-refractivity contribution is -0.167. The minimum Gasteiger partial charge on any atom is -0.465 e. The van der Waals surface area contributed by atoms with Crippen molar-refractivity contribution in [3.63, 3.8) is 0 Å². The molecule has 4 rings (SSSR count). The monoisotopic (exact) mass is 492 g/mol. The minimum atomic E-state index is -1.10. The van der Waals surface area contributed by atoms with E-state index in [-0.39, 0.29) is 13.2 Å². The topological polar surface area (TPSA) is 68.7 Å². The van der Waals surface area contributed by atoms with Gasteiger partial charge in [-0.25, -0.2) is 4.98 Å². The van der Waals surface area contributed by atoms with E-state index >= 15 is 0 Å². The highest BCUT2D eigenvalue weighted by atomic mass is 35.5. The summed E-state index contributed by atoms with van der Waals surface area (Å²) in [5.74, 6) is -1.49. The molecule has 0 spiro atoms. The number of pyridine rings is 1. The number of nitrogens with zero attached hydrogens (tertiary/aromatic N) is 2. The molecular weight excluding hydrogens is 464 g/mol. The van der Waals surface area contributed by atoms with Gasteiger partial charge in [-0.15, -0.1) is 0 Å². The molecule has 0 saturated carbocycles. The van der Waals surface area contributed by atoms with E-state index < -0.39 is 23.3 Å². The van der Waals surface area contributed by atoms with Gasteiger partial charge in [0, 0.05) is 25.8 Å². The van der Waals surface area contributed by atoms with Gasteiger partial charge in [-0.3, -0.25) is 14.5 Å². The standard InChI is InChI=1S/C28H29ClN2O4/c1-2-34-27(33)28(15-23-13-14-25(29)30-16-23)20-31(17-21-9-5-3-6-10-21)18-24(28)26(32)35-19-22-11-7-4-8-12-22/h3-14,16,24H,2,15,17-20H2,1H3/t24-,28+/m1/s1. The average Bonchev–Trinajstić information content (AvgIpc) is 3.24. The lowest BCUT2D eigenvalue weighted by atomic mass is 9.73. The Hall–Kier alpha value is -3.22. The zero-order valence-electron chi connectivity index (χ0n) is 19.7. The van der Waals surface area contributed by atoms with Gasteiger partial charge in [0.05, 0.1) is 17.9 Å². The number of aromatic nitrogens is 1. The highest BCUT2D eigenvalue weighted by Gasteiger charge is 2.56. The van der Waals surface area contributed by atoms with Crippen LogP contribution in [0.3, 0.4) is 0 Å². The average molecular weight is 493 g/mol. The highest BCUT2D eigenvalue weighted by Crippen LogP contribution is 2.42. The summed E-state index contributed by atoms with van der Waals surface area (Å²) in [4.78, 5) is 33.3. The Labute approximate surface area is 210 Å². The number of esters is 2. The third-order valence-electron chi connectivity index (χ3n) is 6.36. The molecule has 3 aromatic rings. The van der Waals surface area contributed by atoms with Crippen molar-refractivity contribution in [2.75, 3.05) is 19.7 Å². The second-order valence-corrected chi connectivity index (χ2v) is 9.23. The van der Waals surface area contributed by atoms with Crippen molar-refractivity contribution in [2.45, 2.75) is 26.5 Å². The van der Waals surface area contributed by atoms with Crippen LogP contribution in [0.4, 0.5) is 0 Å². The first-order valence-electron chi connectivity index (χ1n) is 11.7. The van der Waals surface area contributed by atoms with Crippen LogP contribution in [0.5, 0.6) is 0 Å². The molecule has 2 aromatic carbocycles. The quantitative estimate of drug-likeness (QED) is 0.318. The summed E-state index contributed by atoms with van der Waals surface area (Å²) in [7, 11) is 0. The second kappa shape index (κ2) is 11.5. The third kappa shape index (κ3) is 6.08. The molecule has 0 radical (unpaired) electrons. The van der Waals surface area contributed by atoms with Crippen molar-refractivity contribution in [3.05, 3.63) is 101 Å². The second-order valence-electron chi connectivity index (χ2n) is 8.84.